The molecule has 0 heterocycles. The number of hydrogen-bond acceptors (Lipinski definition) is 3. The summed E-state index contributed by atoms with van der Waals surface area (Å²) in [6, 6.07) is 5.99. The summed E-state index contributed by atoms with van der Waals surface area (Å²) in [6.45, 7) is 2.36. The predicted octanol–water partition coefficient (Wildman–Crippen LogP) is -0.896. The van der Waals surface area contributed by atoms with Crippen LogP contribution in [0.5, 0.6) is 5.75 Å². The van der Waals surface area contributed by atoms with Crippen molar-refractivity contribution < 1.29 is 31.1 Å². The third kappa shape index (κ3) is 9.11. The van der Waals surface area contributed by atoms with E-state index in [0.717, 1.165) is 6.42 Å². The topological polar surface area (TPSA) is 141 Å². The zero-order chi connectivity index (χ0) is 9.68. The van der Waals surface area contributed by atoms with Crippen molar-refractivity contribution in [2.75, 3.05) is 6.61 Å². The maximum atomic E-state index is 11.2. The molecule has 95 valence electrons. The van der Waals surface area contributed by atoms with Crippen LogP contribution < -0.4 is 0 Å². The van der Waals surface area contributed by atoms with Crippen molar-refractivity contribution in [3.8, 4) is 5.75 Å². The van der Waals surface area contributed by atoms with Crippen LogP contribution in [-0.4, -0.2) is 63.7 Å². The number of carbonyl (C=O) groups is 1. The summed E-state index contributed by atoms with van der Waals surface area (Å²) >= 11 is 0. The average molecular weight is 257 g/mol. The summed E-state index contributed by atoms with van der Waals surface area (Å²) in [5.41, 5.74) is 0.464. The SMILES string of the molecule is CCCOC(=O)c1ccc(O)cc1.O.O.O.[Na]. The van der Waals surface area contributed by atoms with Crippen LogP contribution in [0.3, 0.4) is 0 Å². The van der Waals surface area contributed by atoms with Gasteiger partial charge in [-0.2, -0.15) is 0 Å². The summed E-state index contributed by atoms with van der Waals surface area (Å²) in [4.78, 5) is 11.2. The van der Waals surface area contributed by atoms with Crippen LogP contribution >= 0.6 is 0 Å². The standard InChI is InChI=1S/C10H12O3.Na.3H2O/c1-2-7-13-10(12)8-3-5-9(11)6-4-8;;;;/h3-6,11H,2,7H2,1H3;;3*1H2. The number of aromatic hydroxyl groups is 1. The van der Waals surface area contributed by atoms with Gasteiger partial charge in [0.1, 0.15) is 5.75 Å². The van der Waals surface area contributed by atoms with E-state index in [2.05, 4.69) is 0 Å². The van der Waals surface area contributed by atoms with E-state index < -0.39 is 0 Å². The second kappa shape index (κ2) is 13.4. The van der Waals surface area contributed by atoms with Gasteiger partial charge in [0, 0.05) is 29.6 Å². The van der Waals surface area contributed by atoms with Gasteiger partial charge in [-0.1, -0.05) is 6.92 Å². The molecular formula is C10H18NaO6. The molecule has 0 amide bonds. The molecule has 0 atom stereocenters. The number of ether oxygens (including phenoxy) is 1. The predicted molar refractivity (Wildman–Crippen MR) is 65.3 cm³/mol. The fourth-order valence-electron chi connectivity index (χ4n) is 0.876. The molecule has 7 heteroatoms. The first kappa shape index (κ1) is 25.3. The normalized spacial score (nSPS) is 7.35. The van der Waals surface area contributed by atoms with Gasteiger partial charge in [-0.25, -0.2) is 4.79 Å². The molecule has 7 N–H and O–H groups in total. The zero-order valence-electron chi connectivity index (χ0n) is 9.99. The maximum Gasteiger partial charge on any atom is 0.338 e. The van der Waals surface area contributed by atoms with Gasteiger partial charge >= 0.3 is 5.97 Å². The van der Waals surface area contributed by atoms with Crippen molar-refractivity contribution in [2.24, 2.45) is 0 Å². The Kier molecular flexibility index (Phi) is 20.0. The Morgan fingerprint density at radius 1 is 1.18 bits per heavy atom. The van der Waals surface area contributed by atoms with E-state index >= 15 is 0 Å². The third-order valence-corrected chi connectivity index (χ3v) is 1.54. The summed E-state index contributed by atoms with van der Waals surface area (Å²) in [5.74, 6) is -0.200. The Bertz CT molecular complexity index is 287. The van der Waals surface area contributed by atoms with Gasteiger partial charge in [0.15, 0.2) is 0 Å². The van der Waals surface area contributed by atoms with Crippen molar-refractivity contribution in [3.63, 3.8) is 0 Å². The van der Waals surface area contributed by atoms with Crippen molar-refractivity contribution >= 4 is 35.5 Å². The second-order valence-corrected chi connectivity index (χ2v) is 2.68. The Balaban J connectivity index is -0.000000211. The minimum atomic E-state index is -0.346. The number of rotatable bonds is 3. The molecule has 0 aromatic heterocycles. The maximum absolute atomic E-state index is 11.2. The third-order valence-electron chi connectivity index (χ3n) is 1.54. The van der Waals surface area contributed by atoms with Crippen LogP contribution in [0, 0.1) is 0 Å². The van der Waals surface area contributed by atoms with Gasteiger partial charge in [0.25, 0.3) is 0 Å². The molecular weight excluding hydrogens is 239 g/mol. The van der Waals surface area contributed by atoms with Crippen molar-refractivity contribution in [1.29, 1.82) is 0 Å². The van der Waals surface area contributed by atoms with Crippen LogP contribution in [0.4, 0.5) is 0 Å². The molecule has 0 spiro atoms. The first-order valence-corrected chi connectivity index (χ1v) is 4.20. The van der Waals surface area contributed by atoms with E-state index in [9.17, 15) is 4.79 Å². The first-order valence-electron chi connectivity index (χ1n) is 4.20. The summed E-state index contributed by atoms with van der Waals surface area (Å²) in [5, 5.41) is 8.96. The number of carbonyl (C=O) groups excluding carboxylic acids is 1. The van der Waals surface area contributed by atoms with Crippen molar-refractivity contribution in [3.05, 3.63) is 29.8 Å². The largest absolute Gasteiger partial charge is 0.508 e. The Hall–Kier alpha value is -0.630. The Labute approximate surface area is 122 Å². The molecule has 0 aliphatic heterocycles. The molecule has 1 aromatic carbocycles. The molecule has 0 aliphatic carbocycles. The molecule has 0 unspecified atom stereocenters. The summed E-state index contributed by atoms with van der Waals surface area (Å²) < 4.78 is 4.90. The zero-order valence-corrected chi connectivity index (χ0v) is 12.0. The van der Waals surface area contributed by atoms with E-state index in [-0.39, 0.29) is 57.7 Å². The van der Waals surface area contributed by atoms with Crippen molar-refractivity contribution in [2.45, 2.75) is 13.3 Å². The molecule has 0 bridgehead atoms. The molecule has 1 radical (unpaired) electrons. The molecule has 17 heavy (non-hydrogen) atoms. The molecule has 0 fully saturated rings. The van der Waals surface area contributed by atoms with E-state index in [0.29, 0.717) is 12.2 Å². The number of esters is 1. The molecule has 0 saturated heterocycles. The van der Waals surface area contributed by atoms with Gasteiger partial charge in [-0.05, 0) is 30.7 Å². The van der Waals surface area contributed by atoms with Crippen LogP contribution in [0.25, 0.3) is 0 Å². The van der Waals surface area contributed by atoms with Gasteiger partial charge in [-0.3, -0.25) is 0 Å². The van der Waals surface area contributed by atoms with Gasteiger partial charge < -0.3 is 26.3 Å². The molecule has 6 nitrogen and oxygen atoms in total. The monoisotopic (exact) mass is 257 g/mol. The van der Waals surface area contributed by atoms with Gasteiger partial charge in [0.2, 0.25) is 0 Å². The minimum Gasteiger partial charge on any atom is -0.508 e. The van der Waals surface area contributed by atoms with Crippen molar-refractivity contribution in [1.82, 2.24) is 0 Å². The molecule has 0 saturated carbocycles. The Morgan fingerprint density at radius 2 is 1.65 bits per heavy atom. The fourth-order valence-corrected chi connectivity index (χ4v) is 0.876. The van der Waals surface area contributed by atoms with Gasteiger partial charge in [-0.15, -0.1) is 0 Å². The van der Waals surface area contributed by atoms with E-state index in [1.165, 1.54) is 24.3 Å². The number of phenolic OH excluding ortho intramolecular Hbond substituents is 1. The van der Waals surface area contributed by atoms with Crippen LogP contribution in [0.2, 0.25) is 0 Å². The Morgan fingerprint density at radius 3 is 2.06 bits per heavy atom. The summed E-state index contributed by atoms with van der Waals surface area (Å²) in [6.07, 6.45) is 0.809. The number of hydrogen-bond donors (Lipinski definition) is 1. The van der Waals surface area contributed by atoms with E-state index in [4.69, 9.17) is 9.84 Å². The van der Waals surface area contributed by atoms with Crippen LogP contribution in [0.1, 0.15) is 23.7 Å². The average Bonchev–Trinajstić information content (AvgIpc) is 2.15. The van der Waals surface area contributed by atoms with Crippen LogP contribution in [0.15, 0.2) is 24.3 Å². The smallest absolute Gasteiger partial charge is 0.338 e. The van der Waals surface area contributed by atoms with E-state index in [1.54, 1.807) is 0 Å². The fraction of sp³-hybridized carbons (Fsp3) is 0.300. The molecule has 1 aromatic rings. The first-order chi connectivity index (χ1) is 6.24. The number of benzene rings is 1. The summed E-state index contributed by atoms with van der Waals surface area (Å²) in [7, 11) is 0. The number of phenols is 1. The quantitative estimate of drug-likeness (QED) is 0.554. The minimum absolute atomic E-state index is 0. The molecule has 0 aliphatic rings. The molecule has 1 rings (SSSR count). The van der Waals surface area contributed by atoms with Gasteiger partial charge in [0.05, 0.1) is 12.2 Å². The van der Waals surface area contributed by atoms with Crippen LogP contribution in [-0.2, 0) is 4.74 Å². The van der Waals surface area contributed by atoms with E-state index in [1.807, 2.05) is 6.92 Å². The second-order valence-electron chi connectivity index (χ2n) is 2.68.